The Hall–Kier alpha value is -0.910. The molecule has 210 valence electrons. The fourth-order valence-corrected chi connectivity index (χ4v) is 8.87. The van der Waals surface area contributed by atoms with Gasteiger partial charge < -0.3 is 19.5 Å². The maximum atomic E-state index is 13.9. The Morgan fingerprint density at radius 2 is 1.42 bits per heavy atom. The first-order chi connectivity index (χ1) is 16.4. The molecule has 4 aliphatic carbocycles. The Balaban J connectivity index is 1.92. The molecule has 0 heterocycles. The SMILES string of the molecule is CCC(O)(CC)C12CC3CC(C(=O)OCCC(F)C(F)(F)S(=O)(=O)[O-])(C1)CC(C(O)(CC)CC)(C3)C2. The lowest BCUT2D eigenvalue weighted by molar-refractivity contribution is -0.278. The van der Waals surface area contributed by atoms with Crippen LogP contribution >= 0.6 is 0 Å². The molecule has 36 heavy (non-hydrogen) atoms. The number of esters is 1. The van der Waals surface area contributed by atoms with Crippen LogP contribution in [0.4, 0.5) is 13.2 Å². The third-order valence-electron chi connectivity index (χ3n) is 10.1. The number of hydrogen-bond acceptors (Lipinski definition) is 7. The van der Waals surface area contributed by atoms with Crippen molar-refractivity contribution in [2.24, 2.45) is 22.2 Å². The Labute approximate surface area is 211 Å². The standard InChI is InChI=1S/C25H41F3O7S/c1-5-23(30,6-2)21-12-17-11-20(14-21,15-22(13-17,16-21)24(31,7-3)8-4)19(29)35-10-9-18(26)25(27,28)36(32,33)34/h17-18,30-31H,5-16H2,1-4H3,(H,32,33,34)/p-1. The van der Waals surface area contributed by atoms with Gasteiger partial charge in [0.25, 0.3) is 0 Å². The first kappa shape index (κ1) is 29.6. The van der Waals surface area contributed by atoms with Gasteiger partial charge in [0.1, 0.15) is 0 Å². The van der Waals surface area contributed by atoms with Crippen LogP contribution in [0, 0.1) is 22.2 Å². The van der Waals surface area contributed by atoms with Crippen molar-refractivity contribution in [3.8, 4) is 0 Å². The van der Waals surface area contributed by atoms with Crippen molar-refractivity contribution >= 4 is 16.1 Å². The van der Waals surface area contributed by atoms with Crippen LogP contribution in [0.15, 0.2) is 0 Å². The predicted molar refractivity (Wildman–Crippen MR) is 125 cm³/mol. The van der Waals surface area contributed by atoms with Gasteiger partial charge in [0.15, 0.2) is 16.3 Å². The molecule has 0 aliphatic heterocycles. The van der Waals surface area contributed by atoms with Crippen LogP contribution in [-0.4, -0.2) is 58.4 Å². The lowest BCUT2D eigenvalue weighted by atomic mass is 9.33. The summed E-state index contributed by atoms with van der Waals surface area (Å²) in [6.45, 7) is 6.79. The smallest absolute Gasteiger partial charge is 0.364 e. The van der Waals surface area contributed by atoms with Gasteiger partial charge in [-0.3, -0.25) is 4.79 Å². The van der Waals surface area contributed by atoms with E-state index in [1.54, 1.807) is 0 Å². The van der Waals surface area contributed by atoms with Crippen molar-refractivity contribution in [1.29, 1.82) is 0 Å². The normalized spacial score (nSPS) is 33.6. The van der Waals surface area contributed by atoms with E-state index in [2.05, 4.69) is 0 Å². The van der Waals surface area contributed by atoms with Crippen molar-refractivity contribution in [2.45, 2.75) is 121 Å². The van der Waals surface area contributed by atoms with E-state index < -0.39 is 68.0 Å². The number of carbonyl (C=O) groups excluding carboxylic acids is 1. The van der Waals surface area contributed by atoms with Crippen LogP contribution in [0.1, 0.15) is 98.3 Å². The summed E-state index contributed by atoms with van der Waals surface area (Å²) in [5.41, 5.74) is -4.49. The zero-order valence-corrected chi connectivity index (χ0v) is 22.4. The van der Waals surface area contributed by atoms with Gasteiger partial charge in [-0.05, 0) is 70.1 Å². The average Bonchev–Trinajstić information content (AvgIpc) is 2.80. The fourth-order valence-electron chi connectivity index (χ4n) is 8.44. The number of carbonyl (C=O) groups is 1. The van der Waals surface area contributed by atoms with Gasteiger partial charge in [0.05, 0.1) is 23.2 Å². The molecule has 3 atom stereocenters. The van der Waals surface area contributed by atoms with Crippen LogP contribution in [0.25, 0.3) is 0 Å². The van der Waals surface area contributed by atoms with E-state index in [1.165, 1.54) is 0 Å². The maximum absolute atomic E-state index is 13.9. The summed E-state index contributed by atoms with van der Waals surface area (Å²) < 4.78 is 78.3. The monoisotopic (exact) mass is 541 g/mol. The second-order valence-electron chi connectivity index (χ2n) is 11.7. The third-order valence-corrected chi connectivity index (χ3v) is 11.0. The van der Waals surface area contributed by atoms with E-state index in [1.807, 2.05) is 27.7 Å². The van der Waals surface area contributed by atoms with E-state index in [4.69, 9.17) is 4.74 Å². The number of rotatable bonds is 12. The fraction of sp³-hybridized carbons (Fsp3) is 0.960. The predicted octanol–water partition coefficient (Wildman–Crippen LogP) is 4.45. The molecule has 7 nitrogen and oxygen atoms in total. The highest BCUT2D eigenvalue weighted by molar-refractivity contribution is 7.86. The van der Waals surface area contributed by atoms with Crippen molar-refractivity contribution in [2.75, 3.05) is 6.61 Å². The number of hydrogen-bond donors (Lipinski definition) is 2. The van der Waals surface area contributed by atoms with Gasteiger partial charge in [0.2, 0.25) is 0 Å². The lowest BCUT2D eigenvalue weighted by Gasteiger charge is -2.71. The van der Waals surface area contributed by atoms with Crippen LogP contribution in [-0.2, 0) is 19.6 Å². The van der Waals surface area contributed by atoms with Crippen molar-refractivity contribution in [3.05, 3.63) is 0 Å². The molecule has 0 aromatic carbocycles. The maximum Gasteiger partial charge on any atom is 0.364 e. The summed E-state index contributed by atoms with van der Waals surface area (Å²) >= 11 is 0. The molecule has 4 rings (SSSR count). The van der Waals surface area contributed by atoms with Gasteiger partial charge >= 0.3 is 11.2 Å². The highest BCUT2D eigenvalue weighted by atomic mass is 32.2. The van der Waals surface area contributed by atoms with E-state index in [0.717, 1.165) is 0 Å². The highest BCUT2D eigenvalue weighted by Gasteiger charge is 2.73. The first-order valence-electron chi connectivity index (χ1n) is 13.0. The van der Waals surface area contributed by atoms with Crippen LogP contribution in [0.5, 0.6) is 0 Å². The summed E-state index contributed by atoms with van der Waals surface area (Å²) in [5.74, 6) is -0.656. The average molecular weight is 542 g/mol. The van der Waals surface area contributed by atoms with Gasteiger partial charge in [0, 0.05) is 17.3 Å². The number of ether oxygens (including phenoxy) is 1. The second-order valence-corrected chi connectivity index (χ2v) is 13.2. The lowest BCUT2D eigenvalue weighted by Crippen LogP contribution is -2.70. The van der Waals surface area contributed by atoms with Gasteiger partial charge in [-0.1, -0.05) is 27.7 Å². The molecular formula is C25H40F3O7S-. The Kier molecular flexibility index (Phi) is 7.72. The van der Waals surface area contributed by atoms with Gasteiger partial charge in [-0.25, -0.2) is 12.8 Å². The quantitative estimate of drug-likeness (QED) is 0.276. The van der Waals surface area contributed by atoms with Gasteiger partial charge in [-0.15, -0.1) is 0 Å². The molecule has 0 radical (unpaired) electrons. The molecule has 0 saturated heterocycles. The molecule has 0 aromatic heterocycles. The molecule has 4 aliphatic rings. The van der Waals surface area contributed by atoms with E-state index in [0.29, 0.717) is 64.2 Å². The van der Waals surface area contributed by atoms with E-state index in [-0.39, 0.29) is 5.92 Å². The Morgan fingerprint density at radius 3 is 1.81 bits per heavy atom. The van der Waals surface area contributed by atoms with Crippen LogP contribution < -0.4 is 0 Å². The molecule has 0 spiro atoms. The Bertz CT molecular complexity index is 911. The van der Waals surface area contributed by atoms with E-state index in [9.17, 15) is 41.1 Å². The summed E-state index contributed by atoms with van der Waals surface area (Å²) in [6, 6.07) is 0. The molecule has 0 aromatic rings. The van der Waals surface area contributed by atoms with E-state index >= 15 is 0 Å². The van der Waals surface area contributed by atoms with Crippen molar-refractivity contribution in [3.63, 3.8) is 0 Å². The molecule has 4 saturated carbocycles. The summed E-state index contributed by atoms with van der Waals surface area (Å²) in [7, 11) is -6.20. The number of aliphatic hydroxyl groups is 2. The molecule has 0 amide bonds. The Morgan fingerprint density at radius 1 is 0.972 bits per heavy atom. The van der Waals surface area contributed by atoms with Crippen LogP contribution in [0.2, 0.25) is 0 Å². The third kappa shape index (κ3) is 4.29. The topological polar surface area (TPSA) is 124 Å². The molecule has 3 unspecified atom stereocenters. The summed E-state index contributed by atoms with van der Waals surface area (Å²) in [5, 5.41) is 18.4. The minimum Gasteiger partial charge on any atom is -0.743 e. The minimum atomic E-state index is -6.20. The number of halogens is 3. The van der Waals surface area contributed by atoms with Gasteiger partial charge in [-0.2, -0.15) is 8.78 Å². The highest BCUT2D eigenvalue weighted by Crippen LogP contribution is 2.75. The molecular weight excluding hydrogens is 501 g/mol. The molecule has 4 bridgehead atoms. The first-order valence-corrected chi connectivity index (χ1v) is 14.4. The summed E-state index contributed by atoms with van der Waals surface area (Å²) in [6.07, 6.45) is 0.534. The number of alkyl halides is 3. The summed E-state index contributed by atoms with van der Waals surface area (Å²) in [4.78, 5) is 13.5. The zero-order valence-electron chi connectivity index (χ0n) is 21.6. The molecule has 2 N–H and O–H groups in total. The van der Waals surface area contributed by atoms with Crippen molar-refractivity contribution < 1.29 is 45.9 Å². The minimum absolute atomic E-state index is 0.0481. The molecule has 11 heteroatoms. The second kappa shape index (κ2) is 9.38. The largest absolute Gasteiger partial charge is 0.743 e. The molecule has 4 fully saturated rings. The van der Waals surface area contributed by atoms with Crippen LogP contribution in [0.3, 0.4) is 0 Å². The van der Waals surface area contributed by atoms with Crippen molar-refractivity contribution in [1.82, 2.24) is 0 Å². The zero-order chi connectivity index (χ0) is 27.4.